The number of aromatic nitrogens is 3. The van der Waals surface area contributed by atoms with Crippen LogP contribution in [0.4, 0.5) is 0 Å². The monoisotopic (exact) mass is 314 g/mol. The maximum Gasteiger partial charge on any atom is 0.216 e. The number of H-pyrrole nitrogens is 1. The van der Waals surface area contributed by atoms with Crippen LogP contribution < -0.4 is 4.74 Å². The Labute approximate surface area is 132 Å². The molecule has 0 saturated heterocycles. The summed E-state index contributed by atoms with van der Waals surface area (Å²) in [4.78, 5) is 0. The first kappa shape index (κ1) is 14.3. The van der Waals surface area contributed by atoms with E-state index in [1.807, 2.05) is 43.3 Å². The van der Waals surface area contributed by atoms with Gasteiger partial charge in [0.1, 0.15) is 30.2 Å². The molecule has 22 heavy (non-hydrogen) atoms. The smallest absolute Gasteiger partial charge is 0.216 e. The second-order valence-electron chi connectivity index (χ2n) is 4.61. The minimum atomic E-state index is 0.365. The first-order valence-electron chi connectivity index (χ1n) is 6.66. The molecule has 0 fully saturated rings. The van der Waals surface area contributed by atoms with Gasteiger partial charge in [-0.1, -0.05) is 18.2 Å². The van der Waals surface area contributed by atoms with E-state index in [1.54, 1.807) is 6.21 Å². The lowest BCUT2D eigenvalue weighted by Crippen LogP contribution is -1.95. The molecule has 0 radical (unpaired) electrons. The fourth-order valence-electron chi connectivity index (χ4n) is 1.85. The Morgan fingerprint density at radius 1 is 1.36 bits per heavy atom. The lowest BCUT2D eigenvalue weighted by Gasteiger charge is -2.06. The van der Waals surface area contributed by atoms with Crippen LogP contribution >= 0.6 is 12.2 Å². The van der Waals surface area contributed by atoms with E-state index < -0.39 is 0 Å². The molecule has 2 heterocycles. The Kier molecular flexibility index (Phi) is 4.15. The van der Waals surface area contributed by atoms with Crippen LogP contribution in [0, 0.1) is 11.7 Å². The van der Waals surface area contributed by atoms with E-state index in [-0.39, 0.29) is 0 Å². The summed E-state index contributed by atoms with van der Waals surface area (Å²) in [6, 6.07) is 11.5. The van der Waals surface area contributed by atoms with Gasteiger partial charge in [-0.25, -0.2) is 0 Å². The van der Waals surface area contributed by atoms with Crippen molar-refractivity contribution in [2.75, 3.05) is 0 Å². The van der Waals surface area contributed by atoms with E-state index >= 15 is 0 Å². The molecule has 0 aliphatic heterocycles. The van der Waals surface area contributed by atoms with Crippen molar-refractivity contribution in [1.82, 2.24) is 14.9 Å². The van der Waals surface area contributed by atoms with Gasteiger partial charge in [0, 0.05) is 0 Å². The zero-order valence-corrected chi connectivity index (χ0v) is 12.7. The number of furan rings is 1. The van der Waals surface area contributed by atoms with Gasteiger partial charge in [-0.15, -0.1) is 0 Å². The Morgan fingerprint density at radius 2 is 2.23 bits per heavy atom. The third kappa shape index (κ3) is 3.32. The zero-order chi connectivity index (χ0) is 15.4. The molecule has 0 aliphatic carbocycles. The van der Waals surface area contributed by atoms with Crippen LogP contribution in [0.15, 0.2) is 52.2 Å². The molecule has 1 aromatic carbocycles. The topological polar surface area (TPSA) is 68.3 Å². The fourth-order valence-corrected chi connectivity index (χ4v) is 2.00. The summed E-state index contributed by atoms with van der Waals surface area (Å²) in [5.41, 5.74) is 1.09. The average Bonchev–Trinajstić information content (AvgIpc) is 3.13. The van der Waals surface area contributed by atoms with E-state index in [0.717, 1.165) is 17.1 Å². The number of para-hydroxylation sites is 1. The molecule has 3 aromatic rings. The molecule has 112 valence electrons. The lowest BCUT2D eigenvalue weighted by molar-refractivity contribution is 0.268. The maximum absolute atomic E-state index is 5.73. The van der Waals surface area contributed by atoms with Crippen molar-refractivity contribution in [2.45, 2.75) is 13.5 Å². The van der Waals surface area contributed by atoms with Gasteiger partial charge < -0.3 is 9.15 Å². The van der Waals surface area contributed by atoms with Crippen LogP contribution in [0.5, 0.6) is 5.75 Å². The number of nitrogens with zero attached hydrogens (tertiary/aromatic N) is 3. The highest BCUT2D eigenvalue weighted by Crippen LogP contribution is 2.18. The van der Waals surface area contributed by atoms with E-state index in [4.69, 9.17) is 21.4 Å². The second kappa shape index (κ2) is 6.40. The summed E-state index contributed by atoms with van der Waals surface area (Å²) in [7, 11) is 0. The molecule has 0 bridgehead atoms. The minimum absolute atomic E-state index is 0.365. The van der Waals surface area contributed by atoms with Gasteiger partial charge in [0.15, 0.2) is 0 Å². The molecular weight excluding hydrogens is 300 g/mol. The normalized spacial score (nSPS) is 11.1. The van der Waals surface area contributed by atoms with Crippen molar-refractivity contribution in [3.63, 3.8) is 0 Å². The number of hydrogen-bond acceptors (Lipinski definition) is 5. The largest absolute Gasteiger partial charge is 0.485 e. The van der Waals surface area contributed by atoms with Gasteiger partial charge in [-0.2, -0.15) is 14.9 Å². The second-order valence-corrected chi connectivity index (χ2v) is 5.00. The molecule has 0 unspecified atom stereocenters. The van der Waals surface area contributed by atoms with Gasteiger partial charge in [0.05, 0.1) is 6.21 Å². The van der Waals surface area contributed by atoms with Gasteiger partial charge >= 0.3 is 0 Å². The third-order valence-corrected chi connectivity index (χ3v) is 3.27. The van der Waals surface area contributed by atoms with E-state index in [9.17, 15) is 0 Å². The van der Waals surface area contributed by atoms with Gasteiger partial charge in [0.25, 0.3) is 0 Å². The van der Waals surface area contributed by atoms with Crippen molar-refractivity contribution in [3.8, 4) is 5.75 Å². The first-order chi connectivity index (χ1) is 10.7. The van der Waals surface area contributed by atoms with Crippen molar-refractivity contribution < 1.29 is 9.15 Å². The summed E-state index contributed by atoms with van der Waals surface area (Å²) in [6.45, 7) is 2.37. The number of ether oxygens (including phenoxy) is 1. The van der Waals surface area contributed by atoms with Crippen molar-refractivity contribution in [1.29, 1.82) is 0 Å². The molecule has 0 saturated carbocycles. The quantitative estimate of drug-likeness (QED) is 0.579. The van der Waals surface area contributed by atoms with Crippen molar-refractivity contribution in [2.24, 2.45) is 5.10 Å². The van der Waals surface area contributed by atoms with Crippen LogP contribution in [0.1, 0.15) is 17.1 Å². The fraction of sp³-hybridized carbons (Fsp3) is 0.133. The predicted octanol–water partition coefficient (Wildman–Crippen LogP) is 3.30. The highest BCUT2D eigenvalue weighted by atomic mass is 32.1. The third-order valence-electron chi connectivity index (χ3n) is 2.99. The highest BCUT2D eigenvalue weighted by molar-refractivity contribution is 7.71. The number of rotatable bonds is 5. The zero-order valence-electron chi connectivity index (χ0n) is 11.9. The molecule has 3 rings (SSSR count). The Bertz CT molecular complexity index is 847. The van der Waals surface area contributed by atoms with Crippen LogP contribution in [-0.2, 0) is 6.61 Å². The van der Waals surface area contributed by atoms with Crippen LogP contribution in [0.3, 0.4) is 0 Å². The summed E-state index contributed by atoms with van der Waals surface area (Å²) < 4.78 is 13.2. The average molecular weight is 314 g/mol. The molecule has 6 nitrogen and oxygen atoms in total. The highest BCUT2D eigenvalue weighted by Gasteiger charge is 2.03. The number of benzene rings is 1. The summed E-state index contributed by atoms with van der Waals surface area (Å²) >= 11 is 4.99. The van der Waals surface area contributed by atoms with Crippen molar-refractivity contribution >= 4 is 18.4 Å². The molecule has 0 spiro atoms. The minimum Gasteiger partial charge on any atom is -0.485 e. The Morgan fingerprint density at radius 3 is 3.00 bits per heavy atom. The molecule has 1 N–H and O–H groups in total. The molecule has 0 aliphatic rings. The van der Waals surface area contributed by atoms with Gasteiger partial charge in [-0.3, -0.25) is 5.10 Å². The molecule has 7 heteroatoms. The molecular formula is C15H14N4O2S. The molecule has 0 atom stereocenters. The predicted molar refractivity (Wildman–Crippen MR) is 84.6 cm³/mol. The maximum atomic E-state index is 5.73. The van der Waals surface area contributed by atoms with Crippen molar-refractivity contribution in [3.05, 3.63) is 64.6 Å². The number of nitrogens with one attached hydrogen (secondary N) is 1. The number of aromatic amines is 1. The standard InChI is InChI=1S/C15H14N4O2S/c1-11-4-2-3-5-14(11)20-9-13-7-6-12(21-13)8-17-19-10-16-18-15(19)22/h2-8,10H,9H2,1H3,(H,18,22)/b17-8+. The summed E-state index contributed by atoms with van der Waals surface area (Å²) in [6.07, 6.45) is 3.06. The SMILES string of the molecule is Cc1ccccc1OCc1ccc(/C=N/n2cn[nH]c2=S)o1. The summed E-state index contributed by atoms with van der Waals surface area (Å²) in [5.74, 6) is 2.19. The van der Waals surface area contributed by atoms with Crippen LogP contribution in [0.2, 0.25) is 0 Å². The Hall–Kier alpha value is -2.67. The van der Waals surface area contributed by atoms with Gasteiger partial charge in [-0.05, 0) is 42.9 Å². The summed E-state index contributed by atoms with van der Waals surface area (Å²) in [5, 5.41) is 10.5. The molecule has 0 amide bonds. The number of hydrogen-bond donors (Lipinski definition) is 1. The van der Waals surface area contributed by atoms with E-state index in [0.29, 0.717) is 17.1 Å². The first-order valence-corrected chi connectivity index (χ1v) is 7.07. The van der Waals surface area contributed by atoms with Gasteiger partial charge in [0.2, 0.25) is 4.77 Å². The van der Waals surface area contributed by atoms with Crippen LogP contribution in [-0.4, -0.2) is 21.1 Å². The Balaban J connectivity index is 1.64. The van der Waals surface area contributed by atoms with E-state index in [2.05, 4.69) is 15.3 Å². The van der Waals surface area contributed by atoms with E-state index in [1.165, 1.54) is 11.0 Å². The number of aryl methyl sites for hydroxylation is 1. The lowest BCUT2D eigenvalue weighted by atomic mass is 10.2. The van der Waals surface area contributed by atoms with Crippen LogP contribution in [0.25, 0.3) is 0 Å². The molecule has 2 aromatic heterocycles.